The number of carbonyl (C=O) groups excluding carboxylic acids is 2. The Labute approximate surface area is 179 Å². The third-order valence-corrected chi connectivity index (χ3v) is 6.02. The van der Waals surface area contributed by atoms with Crippen LogP contribution in [0, 0.1) is 11.3 Å². The number of hydrogen-bond donors (Lipinski definition) is 2. The Balaban J connectivity index is 1.52. The third-order valence-electron chi connectivity index (χ3n) is 6.02. The molecule has 1 atom stereocenters. The molecule has 2 N–H and O–H groups in total. The molecule has 1 aliphatic heterocycles. The van der Waals surface area contributed by atoms with Crippen LogP contribution < -0.4 is 10.6 Å². The third kappa shape index (κ3) is 5.63. The van der Waals surface area contributed by atoms with Gasteiger partial charge in [-0.3, -0.25) is 9.59 Å². The van der Waals surface area contributed by atoms with Gasteiger partial charge >= 0.3 is 0 Å². The molecule has 2 amide bonds. The van der Waals surface area contributed by atoms with Gasteiger partial charge in [0, 0.05) is 32.3 Å². The first kappa shape index (κ1) is 21.9. The van der Waals surface area contributed by atoms with Crippen molar-refractivity contribution >= 4 is 11.8 Å². The second-order valence-electron chi connectivity index (χ2n) is 8.13. The van der Waals surface area contributed by atoms with Gasteiger partial charge in [-0.05, 0) is 61.6 Å². The zero-order valence-corrected chi connectivity index (χ0v) is 17.9. The average Bonchev–Trinajstić information content (AvgIpc) is 3.18. The van der Waals surface area contributed by atoms with Gasteiger partial charge < -0.3 is 15.5 Å². The largest absolute Gasteiger partial charge is 0.390 e. The molecule has 1 aromatic carbocycles. The van der Waals surface area contributed by atoms with Gasteiger partial charge in [0.2, 0.25) is 5.91 Å². The van der Waals surface area contributed by atoms with E-state index in [9.17, 15) is 14.9 Å². The zero-order valence-electron chi connectivity index (χ0n) is 17.9. The van der Waals surface area contributed by atoms with Crippen LogP contribution in [-0.4, -0.2) is 36.3 Å². The Bertz CT molecular complexity index is 840. The Morgan fingerprint density at radius 2 is 2.03 bits per heavy atom. The highest BCUT2D eigenvalue weighted by Crippen LogP contribution is 2.26. The van der Waals surface area contributed by atoms with Gasteiger partial charge in [-0.1, -0.05) is 25.1 Å². The summed E-state index contributed by atoms with van der Waals surface area (Å²) in [4.78, 5) is 26.1. The normalized spacial score (nSPS) is 17.3. The van der Waals surface area contributed by atoms with Crippen molar-refractivity contribution < 1.29 is 9.59 Å². The fourth-order valence-corrected chi connectivity index (χ4v) is 4.26. The van der Waals surface area contributed by atoms with Crippen LogP contribution in [0.15, 0.2) is 30.0 Å². The summed E-state index contributed by atoms with van der Waals surface area (Å²) in [6.07, 6.45) is 9.33. The maximum atomic E-state index is 12.6. The van der Waals surface area contributed by atoms with E-state index in [-0.39, 0.29) is 23.4 Å². The minimum Gasteiger partial charge on any atom is -0.390 e. The summed E-state index contributed by atoms with van der Waals surface area (Å²) in [7, 11) is 0. The molecule has 1 aliphatic carbocycles. The fourth-order valence-electron chi connectivity index (χ4n) is 4.26. The van der Waals surface area contributed by atoms with E-state index in [2.05, 4.69) is 28.8 Å². The van der Waals surface area contributed by atoms with Crippen LogP contribution in [0.4, 0.5) is 0 Å². The lowest BCUT2D eigenvalue weighted by atomic mass is 9.88. The highest BCUT2D eigenvalue weighted by atomic mass is 16.2. The van der Waals surface area contributed by atoms with Crippen LogP contribution >= 0.6 is 0 Å². The standard InChI is InChI=1S/C24H32N4O2/c1-2-22(20-11-10-18-7-3-4-8-19(18)15-20)27-24(30)21(16-25)17-26-12-6-14-28-13-5-9-23(28)29/h10-11,15,17,22,26H,2-9,12-14H2,1H3,(H,27,30)/b21-17-. The Morgan fingerprint density at radius 3 is 2.73 bits per heavy atom. The van der Waals surface area contributed by atoms with Crippen molar-refractivity contribution in [2.24, 2.45) is 0 Å². The fraction of sp³-hybridized carbons (Fsp3) is 0.542. The number of nitriles is 1. The van der Waals surface area contributed by atoms with Gasteiger partial charge in [-0.15, -0.1) is 0 Å². The maximum absolute atomic E-state index is 12.6. The lowest BCUT2D eigenvalue weighted by molar-refractivity contribution is -0.127. The highest BCUT2D eigenvalue weighted by Gasteiger charge is 2.20. The van der Waals surface area contributed by atoms with Crippen molar-refractivity contribution in [3.63, 3.8) is 0 Å². The van der Waals surface area contributed by atoms with E-state index in [1.54, 1.807) is 0 Å². The van der Waals surface area contributed by atoms with Crippen molar-refractivity contribution in [2.75, 3.05) is 19.6 Å². The number of carbonyl (C=O) groups is 2. The van der Waals surface area contributed by atoms with Crippen molar-refractivity contribution in [3.8, 4) is 6.07 Å². The summed E-state index contributed by atoms with van der Waals surface area (Å²) in [6.45, 7) is 4.20. The molecule has 6 nitrogen and oxygen atoms in total. The molecule has 3 rings (SSSR count). The molecule has 0 radical (unpaired) electrons. The molecule has 1 saturated heterocycles. The molecule has 1 heterocycles. The van der Waals surface area contributed by atoms with Gasteiger partial charge in [0.25, 0.3) is 5.91 Å². The van der Waals surface area contributed by atoms with E-state index in [0.29, 0.717) is 19.5 Å². The zero-order chi connectivity index (χ0) is 21.3. The second-order valence-corrected chi connectivity index (χ2v) is 8.13. The number of rotatable bonds is 9. The van der Waals surface area contributed by atoms with Crippen LogP contribution in [0.2, 0.25) is 0 Å². The van der Waals surface area contributed by atoms with Crippen LogP contribution in [0.3, 0.4) is 0 Å². The molecule has 160 valence electrons. The number of fused-ring (bicyclic) bond motifs is 1. The molecule has 0 aromatic heterocycles. The molecule has 0 saturated carbocycles. The van der Waals surface area contributed by atoms with Gasteiger partial charge in [-0.25, -0.2) is 0 Å². The number of nitrogens with one attached hydrogen (secondary N) is 2. The average molecular weight is 409 g/mol. The number of aryl methyl sites for hydroxylation is 2. The quantitative estimate of drug-likeness (QED) is 0.373. The lowest BCUT2D eigenvalue weighted by Crippen LogP contribution is -2.30. The number of nitrogens with zero attached hydrogens (tertiary/aromatic N) is 2. The second kappa shape index (κ2) is 10.8. The minimum absolute atomic E-state index is 0.0728. The molecule has 1 unspecified atom stereocenters. The van der Waals surface area contributed by atoms with Crippen molar-refractivity contribution in [1.29, 1.82) is 5.26 Å². The molecule has 1 aromatic rings. The van der Waals surface area contributed by atoms with Crippen molar-refractivity contribution in [1.82, 2.24) is 15.5 Å². The van der Waals surface area contributed by atoms with Crippen molar-refractivity contribution in [2.45, 2.75) is 64.3 Å². The first-order valence-electron chi connectivity index (χ1n) is 11.2. The molecule has 2 aliphatic rings. The van der Waals surface area contributed by atoms with Crippen LogP contribution in [0.5, 0.6) is 0 Å². The van der Waals surface area contributed by atoms with E-state index >= 15 is 0 Å². The monoisotopic (exact) mass is 408 g/mol. The molecule has 1 fully saturated rings. The summed E-state index contributed by atoms with van der Waals surface area (Å²) >= 11 is 0. The Hall–Kier alpha value is -2.81. The summed E-state index contributed by atoms with van der Waals surface area (Å²) in [6, 6.07) is 8.39. The molecule has 30 heavy (non-hydrogen) atoms. The van der Waals surface area contributed by atoms with E-state index < -0.39 is 0 Å². The van der Waals surface area contributed by atoms with Crippen LogP contribution in [0.1, 0.15) is 68.2 Å². The predicted molar refractivity (Wildman–Crippen MR) is 116 cm³/mol. The summed E-state index contributed by atoms with van der Waals surface area (Å²) in [5.41, 5.74) is 3.99. The first-order valence-corrected chi connectivity index (χ1v) is 11.2. The van der Waals surface area contributed by atoms with E-state index in [4.69, 9.17) is 0 Å². The lowest BCUT2D eigenvalue weighted by Gasteiger charge is -2.21. The SMILES string of the molecule is CCC(NC(=O)/C(C#N)=C\NCCCN1CCCC1=O)c1ccc2c(c1)CCCC2. The van der Waals surface area contributed by atoms with Crippen molar-refractivity contribution in [3.05, 3.63) is 46.7 Å². The summed E-state index contributed by atoms with van der Waals surface area (Å²) < 4.78 is 0. The highest BCUT2D eigenvalue weighted by molar-refractivity contribution is 5.97. The smallest absolute Gasteiger partial charge is 0.263 e. The van der Waals surface area contributed by atoms with Gasteiger partial charge in [0.05, 0.1) is 6.04 Å². The van der Waals surface area contributed by atoms with E-state index in [0.717, 1.165) is 44.2 Å². The van der Waals surface area contributed by atoms with E-state index in [1.165, 1.54) is 30.2 Å². The number of hydrogen-bond acceptors (Lipinski definition) is 4. The van der Waals surface area contributed by atoms with Gasteiger partial charge in [-0.2, -0.15) is 5.26 Å². The van der Waals surface area contributed by atoms with Crippen LogP contribution in [-0.2, 0) is 22.4 Å². The molecule has 6 heteroatoms. The topological polar surface area (TPSA) is 85.2 Å². The van der Waals surface area contributed by atoms with Crippen LogP contribution in [0.25, 0.3) is 0 Å². The summed E-state index contributed by atoms with van der Waals surface area (Å²) in [5, 5.41) is 15.5. The Morgan fingerprint density at radius 1 is 1.23 bits per heavy atom. The molecular formula is C24H32N4O2. The van der Waals surface area contributed by atoms with Gasteiger partial charge in [0.1, 0.15) is 11.6 Å². The predicted octanol–water partition coefficient (Wildman–Crippen LogP) is 3.14. The molecule has 0 spiro atoms. The number of likely N-dealkylation sites (tertiary alicyclic amines) is 1. The Kier molecular flexibility index (Phi) is 7.89. The first-order chi connectivity index (χ1) is 14.6. The number of amides is 2. The summed E-state index contributed by atoms with van der Waals surface area (Å²) in [5.74, 6) is -0.139. The molecule has 0 bridgehead atoms. The molecular weight excluding hydrogens is 376 g/mol. The van der Waals surface area contributed by atoms with E-state index in [1.807, 2.05) is 17.9 Å². The van der Waals surface area contributed by atoms with Gasteiger partial charge in [0.15, 0.2) is 0 Å². The number of benzene rings is 1. The minimum atomic E-state index is -0.357. The maximum Gasteiger partial charge on any atom is 0.263 e.